The van der Waals surface area contributed by atoms with Crippen molar-refractivity contribution in [2.45, 2.75) is 58.3 Å². The molecule has 1 saturated heterocycles. The van der Waals surface area contributed by atoms with Gasteiger partial charge in [0.25, 0.3) is 0 Å². The second kappa shape index (κ2) is 7.88. The molecule has 8 nitrogen and oxygen atoms in total. The SMILES string of the molecule is CCOC(=O)N1CC[C@H](N2CCn3nc(CNC(=O)C4CCC4)cc3C2)C1. The predicted molar refractivity (Wildman–Crippen MR) is 98.8 cm³/mol. The van der Waals surface area contributed by atoms with Crippen LogP contribution >= 0.6 is 0 Å². The van der Waals surface area contributed by atoms with E-state index >= 15 is 0 Å². The van der Waals surface area contributed by atoms with Gasteiger partial charge in [-0.1, -0.05) is 6.42 Å². The predicted octanol–water partition coefficient (Wildman–Crippen LogP) is 1.35. The summed E-state index contributed by atoms with van der Waals surface area (Å²) in [7, 11) is 0. The molecule has 0 aromatic carbocycles. The van der Waals surface area contributed by atoms with Crippen molar-refractivity contribution < 1.29 is 14.3 Å². The molecule has 148 valence electrons. The van der Waals surface area contributed by atoms with Crippen LogP contribution in [0, 0.1) is 5.92 Å². The van der Waals surface area contributed by atoms with Gasteiger partial charge in [-0.25, -0.2) is 4.79 Å². The molecule has 1 aromatic rings. The van der Waals surface area contributed by atoms with Gasteiger partial charge in [0.1, 0.15) is 0 Å². The first-order valence-corrected chi connectivity index (χ1v) is 10.1. The zero-order chi connectivity index (χ0) is 18.8. The van der Waals surface area contributed by atoms with Crippen molar-refractivity contribution in [2.24, 2.45) is 5.92 Å². The normalized spacial score (nSPS) is 23.0. The average molecular weight is 375 g/mol. The number of hydrogen-bond acceptors (Lipinski definition) is 5. The molecular weight excluding hydrogens is 346 g/mol. The lowest BCUT2D eigenvalue weighted by atomic mass is 9.85. The summed E-state index contributed by atoms with van der Waals surface area (Å²) in [6.07, 6.45) is 3.99. The molecule has 0 radical (unpaired) electrons. The largest absolute Gasteiger partial charge is 0.450 e. The van der Waals surface area contributed by atoms with E-state index in [4.69, 9.17) is 4.74 Å². The summed E-state index contributed by atoms with van der Waals surface area (Å²) in [6, 6.07) is 2.48. The highest BCUT2D eigenvalue weighted by atomic mass is 16.6. The van der Waals surface area contributed by atoms with Crippen LogP contribution in [0.1, 0.15) is 44.0 Å². The second-order valence-electron chi connectivity index (χ2n) is 7.75. The van der Waals surface area contributed by atoms with Crippen molar-refractivity contribution in [2.75, 3.05) is 26.2 Å². The number of likely N-dealkylation sites (tertiary alicyclic amines) is 1. The number of aromatic nitrogens is 2. The Morgan fingerprint density at radius 3 is 2.85 bits per heavy atom. The highest BCUT2D eigenvalue weighted by molar-refractivity contribution is 5.79. The molecule has 2 fully saturated rings. The molecule has 27 heavy (non-hydrogen) atoms. The molecule has 4 rings (SSSR count). The second-order valence-corrected chi connectivity index (χ2v) is 7.75. The van der Waals surface area contributed by atoms with Crippen LogP contribution in [-0.4, -0.2) is 63.9 Å². The van der Waals surface area contributed by atoms with Crippen molar-refractivity contribution >= 4 is 12.0 Å². The fourth-order valence-electron chi connectivity index (χ4n) is 4.16. The molecule has 0 unspecified atom stereocenters. The minimum atomic E-state index is -0.202. The fraction of sp³-hybridized carbons (Fsp3) is 0.737. The van der Waals surface area contributed by atoms with E-state index in [1.165, 1.54) is 12.1 Å². The van der Waals surface area contributed by atoms with E-state index in [0.717, 1.165) is 57.7 Å². The van der Waals surface area contributed by atoms with Crippen molar-refractivity contribution in [3.05, 3.63) is 17.5 Å². The van der Waals surface area contributed by atoms with Gasteiger partial charge >= 0.3 is 6.09 Å². The van der Waals surface area contributed by atoms with E-state index in [0.29, 0.717) is 19.2 Å². The zero-order valence-corrected chi connectivity index (χ0v) is 16.0. The maximum absolute atomic E-state index is 12.0. The Bertz CT molecular complexity index is 700. The fourth-order valence-corrected chi connectivity index (χ4v) is 4.16. The molecular formula is C19H29N5O3. The highest BCUT2D eigenvalue weighted by Crippen LogP contribution is 2.26. The topological polar surface area (TPSA) is 79.7 Å². The number of rotatable bonds is 5. The summed E-state index contributed by atoms with van der Waals surface area (Å²) in [5.74, 6) is 0.376. The third-order valence-corrected chi connectivity index (χ3v) is 6.00. The molecule has 3 aliphatic rings. The molecule has 2 amide bonds. The number of hydrogen-bond donors (Lipinski definition) is 1. The van der Waals surface area contributed by atoms with E-state index in [1.54, 1.807) is 0 Å². The van der Waals surface area contributed by atoms with E-state index in [-0.39, 0.29) is 17.9 Å². The minimum absolute atomic E-state index is 0.166. The van der Waals surface area contributed by atoms with E-state index < -0.39 is 0 Å². The monoisotopic (exact) mass is 375 g/mol. The molecule has 3 heterocycles. The molecule has 1 aliphatic carbocycles. The molecule has 2 aliphatic heterocycles. The van der Waals surface area contributed by atoms with Crippen LogP contribution in [0.5, 0.6) is 0 Å². The number of carbonyl (C=O) groups is 2. The van der Waals surface area contributed by atoms with Crippen molar-refractivity contribution in [3.8, 4) is 0 Å². The maximum atomic E-state index is 12.0. The van der Waals surface area contributed by atoms with Gasteiger partial charge in [-0.05, 0) is 32.3 Å². The number of fused-ring (bicyclic) bond motifs is 1. The van der Waals surface area contributed by atoms with Crippen LogP contribution in [0.25, 0.3) is 0 Å². The number of nitrogens with zero attached hydrogens (tertiary/aromatic N) is 4. The lowest BCUT2D eigenvalue weighted by Crippen LogP contribution is -2.43. The Hall–Kier alpha value is -2.09. The van der Waals surface area contributed by atoms with Crippen LogP contribution in [0.15, 0.2) is 6.07 Å². The minimum Gasteiger partial charge on any atom is -0.450 e. The Morgan fingerprint density at radius 1 is 1.26 bits per heavy atom. The Morgan fingerprint density at radius 2 is 2.11 bits per heavy atom. The molecule has 1 saturated carbocycles. The first-order valence-electron chi connectivity index (χ1n) is 10.1. The first-order chi connectivity index (χ1) is 13.1. The van der Waals surface area contributed by atoms with Gasteiger partial charge in [-0.2, -0.15) is 5.10 Å². The van der Waals surface area contributed by atoms with Crippen molar-refractivity contribution in [1.29, 1.82) is 0 Å². The van der Waals surface area contributed by atoms with Gasteiger partial charge < -0.3 is 15.0 Å². The molecule has 1 N–H and O–H groups in total. The summed E-state index contributed by atoms with van der Waals surface area (Å²) in [5.41, 5.74) is 2.11. The number of amides is 2. The molecule has 1 aromatic heterocycles. The van der Waals surface area contributed by atoms with Crippen LogP contribution in [0.4, 0.5) is 4.79 Å². The number of ether oxygens (including phenoxy) is 1. The molecule has 8 heteroatoms. The van der Waals surface area contributed by atoms with Gasteiger partial charge in [0, 0.05) is 38.1 Å². The number of carbonyl (C=O) groups excluding carboxylic acids is 2. The standard InChI is InChI=1S/C19H29N5O3/c1-2-27-19(26)23-7-6-16(12-23)22-8-9-24-17(13-22)10-15(21-24)11-20-18(25)14-4-3-5-14/h10,14,16H,2-9,11-13H2,1H3,(H,20,25)/t16-/m0/s1. The van der Waals surface area contributed by atoms with Gasteiger partial charge in [0.15, 0.2) is 0 Å². The van der Waals surface area contributed by atoms with Crippen LogP contribution in [-0.2, 0) is 29.2 Å². The van der Waals surface area contributed by atoms with E-state index in [9.17, 15) is 9.59 Å². The quantitative estimate of drug-likeness (QED) is 0.840. The molecule has 0 spiro atoms. The first kappa shape index (κ1) is 18.3. The van der Waals surface area contributed by atoms with Gasteiger partial charge in [-0.15, -0.1) is 0 Å². The van der Waals surface area contributed by atoms with Gasteiger partial charge in [-0.3, -0.25) is 14.4 Å². The Balaban J connectivity index is 1.30. The van der Waals surface area contributed by atoms with E-state index in [2.05, 4.69) is 26.1 Å². The van der Waals surface area contributed by atoms with Crippen LogP contribution < -0.4 is 5.32 Å². The zero-order valence-electron chi connectivity index (χ0n) is 16.0. The highest BCUT2D eigenvalue weighted by Gasteiger charge is 2.33. The summed E-state index contributed by atoms with van der Waals surface area (Å²) in [5, 5.41) is 7.67. The average Bonchev–Trinajstić information content (AvgIpc) is 3.24. The Labute approximate surface area is 159 Å². The third-order valence-electron chi connectivity index (χ3n) is 6.00. The van der Waals surface area contributed by atoms with Crippen LogP contribution in [0.3, 0.4) is 0 Å². The van der Waals surface area contributed by atoms with Gasteiger partial charge in [0.05, 0.1) is 31.1 Å². The third kappa shape index (κ3) is 3.95. The smallest absolute Gasteiger partial charge is 0.409 e. The van der Waals surface area contributed by atoms with E-state index in [1.807, 2.05) is 11.8 Å². The summed E-state index contributed by atoms with van der Waals surface area (Å²) < 4.78 is 7.17. The summed E-state index contributed by atoms with van der Waals surface area (Å²) in [4.78, 5) is 28.2. The Kier molecular flexibility index (Phi) is 5.33. The molecule has 0 bridgehead atoms. The van der Waals surface area contributed by atoms with Crippen LogP contribution in [0.2, 0.25) is 0 Å². The van der Waals surface area contributed by atoms with Gasteiger partial charge in [0.2, 0.25) is 5.91 Å². The lowest BCUT2D eigenvalue weighted by Gasteiger charge is -2.32. The lowest BCUT2D eigenvalue weighted by molar-refractivity contribution is -0.127. The maximum Gasteiger partial charge on any atom is 0.409 e. The van der Waals surface area contributed by atoms with Crippen molar-refractivity contribution in [1.82, 2.24) is 24.9 Å². The number of nitrogens with one attached hydrogen (secondary N) is 1. The van der Waals surface area contributed by atoms with Crippen molar-refractivity contribution in [3.63, 3.8) is 0 Å². The molecule has 1 atom stereocenters. The summed E-state index contributed by atoms with van der Waals surface area (Å²) in [6.45, 7) is 6.88. The summed E-state index contributed by atoms with van der Waals surface area (Å²) >= 11 is 0.